The summed E-state index contributed by atoms with van der Waals surface area (Å²) in [4.78, 5) is 4.65. The van der Waals surface area contributed by atoms with Gasteiger partial charge in [0.25, 0.3) is 0 Å². The first-order valence-corrected chi connectivity index (χ1v) is 8.11. The van der Waals surface area contributed by atoms with Crippen LogP contribution in [0.15, 0.2) is 42.5 Å². The lowest BCUT2D eigenvalue weighted by Crippen LogP contribution is -2.45. The van der Waals surface area contributed by atoms with Crippen molar-refractivity contribution in [3.05, 3.63) is 70.2 Å². The van der Waals surface area contributed by atoms with Crippen LogP contribution in [0.1, 0.15) is 11.1 Å². The van der Waals surface area contributed by atoms with Crippen molar-refractivity contribution in [3.63, 3.8) is 0 Å². The first-order valence-electron chi connectivity index (χ1n) is 7.73. The van der Waals surface area contributed by atoms with Crippen molar-refractivity contribution in [1.82, 2.24) is 9.80 Å². The second-order valence-corrected chi connectivity index (χ2v) is 6.34. The van der Waals surface area contributed by atoms with E-state index in [0.717, 1.165) is 50.4 Å². The molecule has 23 heavy (non-hydrogen) atoms. The molecule has 0 aliphatic carbocycles. The van der Waals surface area contributed by atoms with E-state index >= 15 is 0 Å². The Balaban J connectivity index is 1.51. The average Bonchev–Trinajstić information content (AvgIpc) is 2.53. The van der Waals surface area contributed by atoms with Crippen LogP contribution in [-0.4, -0.2) is 36.0 Å². The second kappa shape index (κ2) is 7.39. The maximum Gasteiger partial charge on any atom is 0.141 e. The van der Waals surface area contributed by atoms with Crippen LogP contribution in [0, 0.1) is 11.6 Å². The van der Waals surface area contributed by atoms with E-state index in [1.54, 1.807) is 24.3 Å². The van der Waals surface area contributed by atoms with Crippen LogP contribution < -0.4 is 0 Å². The Bertz CT molecular complexity index is 670. The van der Waals surface area contributed by atoms with Crippen molar-refractivity contribution in [2.75, 3.05) is 26.2 Å². The van der Waals surface area contributed by atoms with Crippen LogP contribution in [0.4, 0.5) is 8.78 Å². The minimum Gasteiger partial charge on any atom is -0.297 e. The minimum atomic E-state index is -0.379. The predicted octanol–water partition coefficient (Wildman–Crippen LogP) is 3.94. The summed E-state index contributed by atoms with van der Waals surface area (Å²) in [7, 11) is 0. The fraction of sp³-hybridized carbons (Fsp3) is 0.333. The van der Waals surface area contributed by atoms with Crippen molar-refractivity contribution >= 4 is 11.6 Å². The Morgan fingerprint density at radius 1 is 0.826 bits per heavy atom. The van der Waals surface area contributed by atoms with Crippen molar-refractivity contribution in [1.29, 1.82) is 0 Å². The molecular weight excluding hydrogens is 318 g/mol. The summed E-state index contributed by atoms with van der Waals surface area (Å²) in [5.74, 6) is -0.565. The quantitative estimate of drug-likeness (QED) is 0.834. The first-order chi connectivity index (χ1) is 11.1. The monoisotopic (exact) mass is 336 g/mol. The van der Waals surface area contributed by atoms with Crippen molar-refractivity contribution in [2.45, 2.75) is 13.1 Å². The number of nitrogens with zero attached hydrogens (tertiary/aromatic N) is 2. The smallest absolute Gasteiger partial charge is 0.141 e. The summed E-state index contributed by atoms with van der Waals surface area (Å²) >= 11 is 5.83. The summed E-state index contributed by atoms with van der Waals surface area (Å²) in [6, 6.07) is 11.6. The molecule has 0 N–H and O–H groups in total. The Morgan fingerprint density at radius 3 is 2.00 bits per heavy atom. The van der Waals surface area contributed by atoms with Gasteiger partial charge in [-0.1, -0.05) is 29.8 Å². The molecule has 3 rings (SSSR count). The Kier molecular flexibility index (Phi) is 5.26. The number of rotatable bonds is 4. The highest BCUT2D eigenvalue weighted by Crippen LogP contribution is 2.18. The molecule has 0 amide bonds. The molecule has 122 valence electrons. The molecule has 1 fully saturated rings. The normalized spacial score (nSPS) is 16.7. The van der Waals surface area contributed by atoms with Crippen LogP contribution in [0.2, 0.25) is 5.02 Å². The number of benzene rings is 2. The molecular formula is C18H19ClF2N2. The predicted molar refractivity (Wildman–Crippen MR) is 88.4 cm³/mol. The first kappa shape index (κ1) is 16.4. The van der Waals surface area contributed by atoms with E-state index in [9.17, 15) is 8.78 Å². The van der Waals surface area contributed by atoms with Crippen LogP contribution in [0.5, 0.6) is 0 Å². The summed E-state index contributed by atoms with van der Waals surface area (Å²) in [6.07, 6.45) is 0. The zero-order valence-electron chi connectivity index (χ0n) is 12.8. The van der Waals surface area contributed by atoms with Gasteiger partial charge in [0.1, 0.15) is 11.6 Å². The van der Waals surface area contributed by atoms with E-state index in [0.29, 0.717) is 0 Å². The molecule has 0 unspecified atom stereocenters. The van der Waals surface area contributed by atoms with Crippen LogP contribution >= 0.6 is 11.6 Å². The highest BCUT2D eigenvalue weighted by molar-refractivity contribution is 6.30. The third-order valence-corrected chi connectivity index (χ3v) is 4.44. The van der Waals surface area contributed by atoms with E-state index in [2.05, 4.69) is 9.80 Å². The van der Waals surface area contributed by atoms with Crippen molar-refractivity contribution < 1.29 is 8.78 Å². The summed E-state index contributed by atoms with van der Waals surface area (Å²) in [5, 5.41) is 0.173. The van der Waals surface area contributed by atoms with Gasteiger partial charge in [0.15, 0.2) is 0 Å². The molecule has 0 bridgehead atoms. The van der Waals surface area contributed by atoms with Crippen LogP contribution in [0.3, 0.4) is 0 Å². The maximum absolute atomic E-state index is 13.2. The fourth-order valence-electron chi connectivity index (χ4n) is 2.90. The SMILES string of the molecule is Fc1cccc(CN2CCN(Cc3ccc(F)c(Cl)c3)CC2)c1. The largest absolute Gasteiger partial charge is 0.297 e. The number of hydrogen-bond donors (Lipinski definition) is 0. The van der Waals surface area contributed by atoms with E-state index in [1.807, 2.05) is 6.07 Å². The topological polar surface area (TPSA) is 6.48 Å². The van der Waals surface area contributed by atoms with Gasteiger partial charge in [0, 0.05) is 39.3 Å². The fourth-order valence-corrected chi connectivity index (χ4v) is 3.10. The van der Waals surface area contributed by atoms with E-state index < -0.39 is 0 Å². The van der Waals surface area contributed by atoms with Gasteiger partial charge >= 0.3 is 0 Å². The van der Waals surface area contributed by atoms with Gasteiger partial charge < -0.3 is 0 Å². The van der Waals surface area contributed by atoms with E-state index in [-0.39, 0.29) is 16.7 Å². The summed E-state index contributed by atoms with van der Waals surface area (Å²) in [5.41, 5.74) is 2.03. The Morgan fingerprint density at radius 2 is 1.43 bits per heavy atom. The molecule has 1 heterocycles. The van der Waals surface area contributed by atoms with Crippen LogP contribution in [-0.2, 0) is 13.1 Å². The molecule has 5 heteroatoms. The molecule has 1 aliphatic heterocycles. The Hall–Kier alpha value is -1.49. The van der Waals surface area contributed by atoms with Crippen molar-refractivity contribution in [3.8, 4) is 0 Å². The lowest BCUT2D eigenvalue weighted by atomic mass is 10.1. The molecule has 1 saturated heterocycles. The molecule has 1 aliphatic rings. The maximum atomic E-state index is 13.2. The van der Waals surface area contributed by atoms with E-state index in [1.165, 1.54) is 12.1 Å². The molecule has 0 atom stereocenters. The number of piperazine rings is 1. The highest BCUT2D eigenvalue weighted by Gasteiger charge is 2.17. The zero-order chi connectivity index (χ0) is 16.2. The van der Waals surface area contributed by atoms with Gasteiger partial charge in [-0.3, -0.25) is 9.80 Å². The number of halogens is 3. The lowest BCUT2D eigenvalue weighted by molar-refractivity contribution is 0.122. The van der Waals surface area contributed by atoms with Gasteiger partial charge in [0.05, 0.1) is 5.02 Å². The molecule has 0 saturated carbocycles. The minimum absolute atomic E-state index is 0.173. The molecule has 0 aromatic heterocycles. The van der Waals surface area contributed by atoms with Gasteiger partial charge in [-0.25, -0.2) is 8.78 Å². The van der Waals surface area contributed by atoms with Crippen molar-refractivity contribution in [2.24, 2.45) is 0 Å². The van der Waals surface area contributed by atoms with Crippen LogP contribution in [0.25, 0.3) is 0 Å². The second-order valence-electron chi connectivity index (χ2n) is 5.93. The van der Waals surface area contributed by atoms with Gasteiger partial charge in [-0.15, -0.1) is 0 Å². The molecule has 0 radical (unpaired) electrons. The zero-order valence-corrected chi connectivity index (χ0v) is 13.6. The Labute approximate surface area is 140 Å². The van der Waals surface area contributed by atoms with Gasteiger partial charge in [-0.2, -0.15) is 0 Å². The van der Waals surface area contributed by atoms with Gasteiger partial charge in [-0.05, 0) is 35.4 Å². The third-order valence-electron chi connectivity index (χ3n) is 4.15. The summed E-state index contributed by atoms with van der Waals surface area (Å²) < 4.78 is 26.4. The molecule has 2 aromatic rings. The lowest BCUT2D eigenvalue weighted by Gasteiger charge is -2.34. The molecule has 0 spiro atoms. The third kappa shape index (κ3) is 4.50. The molecule has 2 aromatic carbocycles. The van der Waals surface area contributed by atoms with Gasteiger partial charge in [0.2, 0.25) is 0 Å². The molecule has 2 nitrogen and oxygen atoms in total. The van der Waals surface area contributed by atoms with E-state index in [4.69, 9.17) is 11.6 Å². The highest BCUT2D eigenvalue weighted by atomic mass is 35.5. The summed E-state index contributed by atoms with van der Waals surface area (Å²) in [6.45, 7) is 5.29. The number of hydrogen-bond acceptors (Lipinski definition) is 2. The average molecular weight is 337 g/mol. The standard InChI is InChI=1S/C18H19ClF2N2/c19-17-11-15(4-5-18(17)21)13-23-8-6-22(7-9-23)12-14-2-1-3-16(20)10-14/h1-5,10-11H,6-9,12-13H2.